The summed E-state index contributed by atoms with van der Waals surface area (Å²) >= 11 is 0. The van der Waals surface area contributed by atoms with E-state index in [0.29, 0.717) is 18.1 Å². The van der Waals surface area contributed by atoms with Crippen molar-refractivity contribution in [2.24, 2.45) is 0 Å². The van der Waals surface area contributed by atoms with Gasteiger partial charge in [0.05, 0.1) is 0 Å². The summed E-state index contributed by atoms with van der Waals surface area (Å²) in [5.41, 5.74) is 0.591. The van der Waals surface area contributed by atoms with E-state index in [9.17, 15) is 14.0 Å². The standard InChI is InChI=1S/C29H43FN2O3/c1-2-3-4-5-6-7-8-9-10-11-12-13-14-15-16-17-22-31-28(27-26(33)23-35-29(27)34)32-25-20-18-24(30)19-21-25/h9-10,18-21,31-32H,2-8,11-17,22-23H2,1H3/b10-9-,28-27?. The maximum absolute atomic E-state index is 13.2. The minimum Gasteiger partial charge on any atom is -0.453 e. The first-order valence-corrected chi connectivity index (χ1v) is 13.5. The van der Waals surface area contributed by atoms with Gasteiger partial charge in [-0.1, -0.05) is 76.9 Å². The monoisotopic (exact) mass is 486 g/mol. The fourth-order valence-electron chi connectivity index (χ4n) is 4.09. The van der Waals surface area contributed by atoms with Crippen molar-refractivity contribution in [3.05, 3.63) is 53.6 Å². The van der Waals surface area contributed by atoms with Crippen LogP contribution >= 0.6 is 0 Å². The lowest BCUT2D eigenvalue weighted by molar-refractivity contribution is -0.135. The van der Waals surface area contributed by atoms with E-state index in [2.05, 4.69) is 29.7 Å². The third-order valence-electron chi connectivity index (χ3n) is 6.17. The smallest absolute Gasteiger partial charge is 0.346 e. The summed E-state index contributed by atoms with van der Waals surface area (Å²) in [5.74, 6) is -1.00. The molecule has 0 bridgehead atoms. The molecule has 6 heteroatoms. The number of hydrogen-bond acceptors (Lipinski definition) is 5. The molecule has 0 unspecified atom stereocenters. The lowest BCUT2D eigenvalue weighted by atomic mass is 10.1. The Morgan fingerprint density at radius 2 is 1.43 bits per heavy atom. The van der Waals surface area contributed by atoms with Gasteiger partial charge in [-0.05, 0) is 56.4 Å². The Morgan fingerprint density at radius 3 is 2.00 bits per heavy atom. The second-order valence-electron chi connectivity index (χ2n) is 9.25. The van der Waals surface area contributed by atoms with E-state index in [0.717, 1.165) is 12.8 Å². The molecule has 2 rings (SSSR count). The Labute approximate surface area is 210 Å². The van der Waals surface area contributed by atoms with Crippen LogP contribution in [0.5, 0.6) is 0 Å². The number of anilines is 1. The molecule has 0 aromatic heterocycles. The fourth-order valence-corrected chi connectivity index (χ4v) is 4.09. The van der Waals surface area contributed by atoms with Crippen LogP contribution in [0.4, 0.5) is 10.1 Å². The van der Waals surface area contributed by atoms with Crippen LogP contribution in [0.25, 0.3) is 0 Å². The van der Waals surface area contributed by atoms with Gasteiger partial charge in [0.15, 0.2) is 6.61 Å². The van der Waals surface area contributed by atoms with Crippen molar-refractivity contribution in [2.45, 2.75) is 96.8 Å². The summed E-state index contributed by atoms with van der Waals surface area (Å²) in [4.78, 5) is 24.1. The normalized spacial score (nSPS) is 15.0. The molecule has 1 aliphatic rings. The topological polar surface area (TPSA) is 67.4 Å². The van der Waals surface area contributed by atoms with E-state index < -0.39 is 5.97 Å². The van der Waals surface area contributed by atoms with Crippen molar-refractivity contribution in [2.75, 3.05) is 18.5 Å². The molecule has 2 N–H and O–H groups in total. The molecule has 1 aromatic carbocycles. The zero-order valence-corrected chi connectivity index (χ0v) is 21.4. The molecule has 5 nitrogen and oxygen atoms in total. The number of benzene rings is 1. The third-order valence-corrected chi connectivity index (χ3v) is 6.17. The summed E-state index contributed by atoms with van der Waals surface area (Å²) in [5, 5.41) is 6.22. The highest BCUT2D eigenvalue weighted by atomic mass is 19.1. The number of carbonyl (C=O) groups excluding carboxylic acids is 2. The van der Waals surface area contributed by atoms with Gasteiger partial charge in [0.2, 0.25) is 5.78 Å². The molecule has 1 fully saturated rings. The van der Waals surface area contributed by atoms with E-state index in [-0.39, 0.29) is 23.8 Å². The number of rotatable bonds is 19. The van der Waals surface area contributed by atoms with Gasteiger partial charge in [0.1, 0.15) is 17.2 Å². The Kier molecular flexibility index (Phi) is 14.5. The van der Waals surface area contributed by atoms with Crippen molar-refractivity contribution in [3.8, 4) is 0 Å². The molecule has 0 atom stereocenters. The molecule has 1 aliphatic heterocycles. The van der Waals surface area contributed by atoms with Crippen molar-refractivity contribution in [1.29, 1.82) is 0 Å². The number of cyclic esters (lactones) is 1. The molecule has 194 valence electrons. The Morgan fingerprint density at radius 1 is 0.857 bits per heavy atom. The highest BCUT2D eigenvalue weighted by molar-refractivity contribution is 6.22. The fraction of sp³-hybridized carbons (Fsp3) is 0.586. The third kappa shape index (κ3) is 12.1. The summed E-state index contributed by atoms with van der Waals surface area (Å²) in [6, 6.07) is 5.77. The van der Waals surface area contributed by atoms with Crippen LogP contribution in [0.1, 0.15) is 96.8 Å². The van der Waals surface area contributed by atoms with Crippen molar-refractivity contribution < 1.29 is 18.7 Å². The molecule has 1 saturated heterocycles. The number of allylic oxidation sites excluding steroid dienone is 2. The predicted octanol–water partition coefficient (Wildman–Crippen LogP) is 7.20. The number of nitrogens with one attached hydrogen (secondary N) is 2. The van der Waals surface area contributed by atoms with Gasteiger partial charge in [-0.2, -0.15) is 0 Å². The van der Waals surface area contributed by atoms with Crippen LogP contribution in [0, 0.1) is 5.82 Å². The molecule has 1 heterocycles. The van der Waals surface area contributed by atoms with Crippen LogP contribution in [0.2, 0.25) is 0 Å². The second-order valence-corrected chi connectivity index (χ2v) is 9.25. The van der Waals surface area contributed by atoms with Crippen LogP contribution in [0.3, 0.4) is 0 Å². The van der Waals surface area contributed by atoms with E-state index in [1.165, 1.54) is 89.2 Å². The summed E-state index contributed by atoms with van der Waals surface area (Å²) < 4.78 is 18.0. The lowest BCUT2D eigenvalue weighted by Gasteiger charge is -2.15. The van der Waals surface area contributed by atoms with Crippen LogP contribution < -0.4 is 10.6 Å². The van der Waals surface area contributed by atoms with Gasteiger partial charge in [-0.15, -0.1) is 0 Å². The number of carbonyl (C=O) groups is 2. The van der Waals surface area contributed by atoms with Gasteiger partial charge in [0.25, 0.3) is 0 Å². The molecule has 35 heavy (non-hydrogen) atoms. The maximum atomic E-state index is 13.2. The molecule has 0 saturated carbocycles. The molecular formula is C29H43FN2O3. The van der Waals surface area contributed by atoms with Crippen LogP contribution in [-0.4, -0.2) is 24.9 Å². The van der Waals surface area contributed by atoms with Gasteiger partial charge in [-0.3, -0.25) is 4.79 Å². The SMILES string of the molecule is CCCCCCCC/C=C\CCCCCCCCNC(Nc1ccc(F)cc1)=C1C(=O)COC1=O. The van der Waals surface area contributed by atoms with E-state index >= 15 is 0 Å². The van der Waals surface area contributed by atoms with Crippen molar-refractivity contribution in [1.82, 2.24) is 5.32 Å². The van der Waals surface area contributed by atoms with Crippen molar-refractivity contribution >= 4 is 17.4 Å². The zero-order chi connectivity index (χ0) is 25.1. The minimum absolute atomic E-state index is 0.00104. The Hall–Kier alpha value is -2.63. The number of esters is 1. The highest BCUT2D eigenvalue weighted by Gasteiger charge is 2.32. The quantitative estimate of drug-likeness (QED) is 0.0711. The van der Waals surface area contributed by atoms with Crippen molar-refractivity contribution in [3.63, 3.8) is 0 Å². The minimum atomic E-state index is -0.631. The number of Topliss-reactive ketones (excluding diaryl/α,β-unsaturated/α-hetero) is 1. The summed E-state index contributed by atoms with van der Waals surface area (Å²) in [6.45, 7) is 2.65. The van der Waals surface area contributed by atoms with Crippen LogP contribution in [-0.2, 0) is 14.3 Å². The van der Waals surface area contributed by atoms with E-state index in [1.54, 1.807) is 12.1 Å². The second kappa shape index (κ2) is 17.8. The maximum Gasteiger partial charge on any atom is 0.346 e. The first-order valence-electron chi connectivity index (χ1n) is 13.5. The molecular weight excluding hydrogens is 443 g/mol. The number of ether oxygens (including phenoxy) is 1. The molecule has 1 aromatic rings. The van der Waals surface area contributed by atoms with Gasteiger partial charge in [0, 0.05) is 12.2 Å². The zero-order valence-electron chi connectivity index (χ0n) is 21.4. The molecule has 0 spiro atoms. The highest BCUT2D eigenvalue weighted by Crippen LogP contribution is 2.17. The molecule has 0 amide bonds. The Bertz CT molecular complexity index is 800. The number of hydrogen-bond donors (Lipinski definition) is 2. The summed E-state index contributed by atoms with van der Waals surface area (Å²) in [7, 11) is 0. The first kappa shape index (κ1) is 28.6. The van der Waals surface area contributed by atoms with Gasteiger partial charge < -0.3 is 15.4 Å². The Balaban J connectivity index is 1.57. The molecule has 0 radical (unpaired) electrons. The van der Waals surface area contributed by atoms with Gasteiger partial charge in [-0.25, -0.2) is 9.18 Å². The average molecular weight is 487 g/mol. The van der Waals surface area contributed by atoms with Crippen LogP contribution in [0.15, 0.2) is 47.8 Å². The summed E-state index contributed by atoms with van der Waals surface area (Å²) in [6.07, 6.45) is 22.1. The number of unbranched alkanes of at least 4 members (excludes halogenated alkanes) is 12. The van der Waals surface area contributed by atoms with E-state index in [4.69, 9.17) is 4.74 Å². The molecule has 0 aliphatic carbocycles. The number of halogens is 1. The first-order chi connectivity index (χ1) is 17.1. The average Bonchev–Trinajstić information content (AvgIpc) is 3.19. The largest absolute Gasteiger partial charge is 0.453 e. The predicted molar refractivity (Wildman–Crippen MR) is 140 cm³/mol. The van der Waals surface area contributed by atoms with E-state index in [1.807, 2.05) is 0 Å². The van der Waals surface area contributed by atoms with Gasteiger partial charge >= 0.3 is 5.97 Å². The lowest BCUT2D eigenvalue weighted by Crippen LogP contribution is -2.26. The number of ketones is 1.